The zero-order valence-corrected chi connectivity index (χ0v) is 7.50. The first-order valence-electron chi connectivity index (χ1n) is 4.19. The number of alkyl halides is 2. The highest BCUT2D eigenvalue weighted by Crippen LogP contribution is 2.16. The number of aromatic nitrogens is 2. The predicted molar refractivity (Wildman–Crippen MR) is 50.7 cm³/mol. The molecule has 2 aromatic rings. The molecule has 4 nitrogen and oxygen atoms in total. The van der Waals surface area contributed by atoms with Crippen molar-refractivity contribution in [3.8, 4) is 0 Å². The molecule has 0 saturated heterocycles. The number of carbonyl (C=O) groups is 1. The van der Waals surface area contributed by atoms with Crippen LogP contribution >= 0.6 is 0 Å². The summed E-state index contributed by atoms with van der Waals surface area (Å²) in [6, 6.07) is 4.76. The number of hydrogen-bond acceptors (Lipinski definition) is 2. The van der Waals surface area contributed by atoms with Crippen LogP contribution in [0.3, 0.4) is 0 Å². The number of H-pyrrole nitrogens is 1. The van der Waals surface area contributed by atoms with E-state index in [4.69, 9.17) is 0 Å². The number of nitrogens with one attached hydrogen (secondary N) is 2. The first-order valence-corrected chi connectivity index (χ1v) is 4.19. The van der Waals surface area contributed by atoms with Crippen molar-refractivity contribution >= 4 is 22.5 Å². The van der Waals surface area contributed by atoms with Gasteiger partial charge in [-0.15, -0.1) is 0 Å². The van der Waals surface area contributed by atoms with Gasteiger partial charge in [0, 0.05) is 11.1 Å². The van der Waals surface area contributed by atoms with Gasteiger partial charge in [0.25, 0.3) is 5.91 Å². The quantitative estimate of drug-likeness (QED) is 0.795. The third-order valence-electron chi connectivity index (χ3n) is 1.91. The van der Waals surface area contributed by atoms with Crippen LogP contribution in [0.25, 0.3) is 10.9 Å². The number of fused-ring (bicyclic) bond motifs is 1. The number of benzene rings is 1. The molecule has 15 heavy (non-hydrogen) atoms. The Morgan fingerprint density at radius 1 is 1.47 bits per heavy atom. The molecule has 1 aromatic heterocycles. The van der Waals surface area contributed by atoms with Crippen LogP contribution in [0.1, 0.15) is 0 Å². The summed E-state index contributed by atoms with van der Waals surface area (Å²) < 4.78 is 23.9. The van der Waals surface area contributed by atoms with Crippen molar-refractivity contribution in [1.82, 2.24) is 10.2 Å². The second-order valence-electron chi connectivity index (χ2n) is 2.96. The molecule has 0 aliphatic carbocycles. The minimum absolute atomic E-state index is 0.317. The molecular formula is C9H7F2N3O. The van der Waals surface area contributed by atoms with Crippen molar-refractivity contribution < 1.29 is 13.6 Å². The van der Waals surface area contributed by atoms with Gasteiger partial charge in [-0.25, -0.2) is 0 Å². The molecule has 0 spiro atoms. The van der Waals surface area contributed by atoms with Gasteiger partial charge in [0.2, 0.25) is 0 Å². The number of amides is 1. The molecule has 1 heterocycles. The lowest BCUT2D eigenvalue weighted by molar-refractivity contribution is -0.126. The van der Waals surface area contributed by atoms with Gasteiger partial charge in [-0.2, -0.15) is 13.9 Å². The Kier molecular flexibility index (Phi) is 2.32. The van der Waals surface area contributed by atoms with E-state index in [2.05, 4.69) is 15.5 Å². The average Bonchev–Trinajstić information content (AvgIpc) is 2.64. The summed E-state index contributed by atoms with van der Waals surface area (Å²) in [5.41, 5.74) is 0.999. The van der Waals surface area contributed by atoms with Crippen molar-refractivity contribution in [3.63, 3.8) is 0 Å². The van der Waals surface area contributed by atoms with Crippen LogP contribution in [0, 0.1) is 0 Å². The second-order valence-corrected chi connectivity index (χ2v) is 2.96. The van der Waals surface area contributed by atoms with E-state index in [0.717, 1.165) is 5.39 Å². The van der Waals surface area contributed by atoms with Gasteiger partial charge in [0.15, 0.2) is 0 Å². The smallest absolute Gasteiger partial charge is 0.315 e. The summed E-state index contributed by atoms with van der Waals surface area (Å²) in [6.07, 6.45) is -1.41. The van der Waals surface area contributed by atoms with E-state index in [1.807, 2.05) is 0 Å². The first kappa shape index (κ1) is 9.57. The summed E-state index contributed by atoms with van der Waals surface area (Å²) in [5.74, 6) is -1.31. The first-order chi connectivity index (χ1) is 7.16. The Bertz CT molecular complexity index is 495. The Labute approximate surface area is 83.3 Å². The molecule has 6 heteroatoms. The summed E-state index contributed by atoms with van der Waals surface area (Å²) in [4.78, 5) is 10.7. The number of rotatable bonds is 2. The Morgan fingerprint density at radius 2 is 2.27 bits per heavy atom. The van der Waals surface area contributed by atoms with Crippen molar-refractivity contribution in [2.75, 3.05) is 5.32 Å². The van der Waals surface area contributed by atoms with Gasteiger partial charge in [-0.3, -0.25) is 9.89 Å². The van der Waals surface area contributed by atoms with Crippen molar-refractivity contribution in [2.45, 2.75) is 6.43 Å². The summed E-state index contributed by atoms with van der Waals surface area (Å²) >= 11 is 0. The van der Waals surface area contributed by atoms with Gasteiger partial charge in [-0.1, -0.05) is 0 Å². The van der Waals surface area contributed by atoms with Gasteiger partial charge >= 0.3 is 6.43 Å². The fraction of sp³-hybridized carbons (Fsp3) is 0.111. The maximum atomic E-state index is 11.9. The molecule has 1 amide bonds. The molecule has 0 radical (unpaired) electrons. The van der Waals surface area contributed by atoms with E-state index in [1.165, 1.54) is 6.07 Å². The van der Waals surface area contributed by atoms with Crippen molar-refractivity contribution in [1.29, 1.82) is 0 Å². The molecule has 0 fully saturated rings. The summed E-state index contributed by atoms with van der Waals surface area (Å²) in [5, 5.41) is 9.38. The molecule has 0 unspecified atom stereocenters. The van der Waals surface area contributed by atoms with E-state index in [0.29, 0.717) is 11.2 Å². The lowest BCUT2D eigenvalue weighted by atomic mass is 10.2. The number of aromatic amines is 1. The molecule has 0 atom stereocenters. The Balaban J connectivity index is 2.25. The fourth-order valence-electron chi connectivity index (χ4n) is 1.21. The van der Waals surface area contributed by atoms with Crippen LogP contribution in [0.15, 0.2) is 24.4 Å². The highest BCUT2D eigenvalue weighted by atomic mass is 19.3. The van der Waals surface area contributed by atoms with E-state index in [1.54, 1.807) is 18.3 Å². The van der Waals surface area contributed by atoms with Crippen LogP contribution in [0.4, 0.5) is 14.5 Å². The van der Waals surface area contributed by atoms with Gasteiger partial charge in [0.1, 0.15) is 0 Å². The SMILES string of the molecule is O=C(Nc1ccc2cn[nH]c2c1)C(F)F. The molecule has 0 bridgehead atoms. The minimum Gasteiger partial charge on any atom is -0.321 e. The molecule has 2 rings (SSSR count). The van der Waals surface area contributed by atoms with E-state index >= 15 is 0 Å². The third kappa shape index (κ3) is 1.93. The van der Waals surface area contributed by atoms with Gasteiger partial charge < -0.3 is 5.32 Å². The molecule has 0 saturated carbocycles. The highest BCUT2D eigenvalue weighted by molar-refractivity contribution is 5.95. The summed E-state index contributed by atoms with van der Waals surface area (Å²) in [7, 11) is 0. The highest BCUT2D eigenvalue weighted by Gasteiger charge is 2.14. The zero-order chi connectivity index (χ0) is 10.8. The average molecular weight is 211 g/mol. The molecule has 78 valence electrons. The predicted octanol–water partition coefficient (Wildman–Crippen LogP) is 1.77. The number of anilines is 1. The number of hydrogen-bond donors (Lipinski definition) is 2. The van der Waals surface area contributed by atoms with Crippen LogP contribution < -0.4 is 5.32 Å². The van der Waals surface area contributed by atoms with Crippen LogP contribution in [-0.2, 0) is 4.79 Å². The maximum absolute atomic E-state index is 11.9. The van der Waals surface area contributed by atoms with E-state index in [-0.39, 0.29) is 0 Å². The van der Waals surface area contributed by atoms with Crippen LogP contribution in [0.2, 0.25) is 0 Å². The molecule has 0 aliphatic heterocycles. The second kappa shape index (κ2) is 3.64. The number of halogens is 2. The van der Waals surface area contributed by atoms with Gasteiger partial charge in [-0.05, 0) is 18.2 Å². The molecule has 1 aromatic carbocycles. The van der Waals surface area contributed by atoms with Crippen molar-refractivity contribution in [3.05, 3.63) is 24.4 Å². The van der Waals surface area contributed by atoms with Crippen LogP contribution in [0.5, 0.6) is 0 Å². The number of nitrogens with zero attached hydrogens (tertiary/aromatic N) is 1. The lowest BCUT2D eigenvalue weighted by Gasteiger charge is -2.03. The zero-order valence-electron chi connectivity index (χ0n) is 7.50. The topological polar surface area (TPSA) is 57.8 Å². The van der Waals surface area contributed by atoms with Crippen LogP contribution in [-0.4, -0.2) is 22.5 Å². The van der Waals surface area contributed by atoms with E-state index in [9.17, 15) is 13.6 Å². The molecule has 0 aliphatic rings. The normalized spacial score (nSPS) is 10.9. The van der Waals surface area contributed by atoms with Gasteiger partial charge in [0.05, 0.1) is 11.7 Å². The van der Waals surface area contributed by atoms with E-state index < -0.39 is 12.3 Å². The largest absolute Gasteiger partial charge is 0.321 e. The summed E-state index contributed by atoms with van der Waals surface area (Å²) in [6.45, 7) is 0. The Hall–Kier alpha value is -1.98. The fourth-order valence-corrected chi connectivity index (χ4v) is 1.21. The standard InChI is InChI=1S/C9H7F2N3O/c10-8(11)9(15)13-6-2-1-5-4-12-14-7(5)3-6/h1-4,8H,(H,12,14)(H,13,15). The third-order valence-corrected chi connectivity index (χ3v) is 1.91. The molecule has 2 N–H and O–H groups in total. The monoisotopic (exact) mass is 211 g/mol. The minimum atomic E-state index is -3.01. The molecular weight excluding hydrogens is 204 g/mol. The lowest BCUT2D eigenvalue weighted by Crippen LogP contribution is -2.19. The number of carbonyl (C=O) groups excluding carboxylic acids is 1. The van der Waals surface area contributed by atoms with Crippen molar-refractivity contribution in [2.24, 2.45) is 0 Å². The Morgan fingerprint density at radius 3 is 3.00 bits per heavy atom. The maximum Gasteiger partial charge on any atom is 0.315 e.